The number of ether oxygens (including phenoxy) is 2. The van der Waals surface area contributed by atoms with Crippen LogP contribution in [0.25, 0.3) is 0 Å². The Labute approximate surface area is 331 Å². The Bertz CT molecular complexity index is 752. The molecule has 0 bridgehead atoms. The predicted octanol–water partition coefficient (Wildman–Crippen LogP) is 15.2. The zero-order chi connectivity index (χ0) is 38.9. The molecule has 0 spiro atoms. The molecule has 0 aromatic rings. The van der Waals surface area contributed by atoms with Crippen molar-refractivity contribution in [2.75, 3.05) is 13.2 Å². The van der Waals surface area contributed by atoms with Crippen LogP contribution in [-0.2, 0) is 19.1 Å². The highest BCUT2D eigenvalue weighted by Crippen LogP contribution is 2.18. The van der Waals surface area contributed by atoms with E-state index in [1.54, 1.807) is 0 Å². The Morgan fingerprint density at radius 1 is 0.396 bits per heavy atom. The zero-order valence-corrected chi connectivity index (χ0v) is 36.4. The van der Waals surface area contributed by atoms with Crippen molar-refractivity contribution in [3.8, 4) is 0 Å². The van der Waals surface area contributed by atoms with Crippen molar-refractivity contribution in [3.05, 3.63) is 0 Å². The molecule has 0 heterocycles. The summed E-state index contributed by atoms with van der Waals surface area (Å²) in [6.45, 7) is 9.11. The van der Waals surface area contributed by atoms with Crippen LogP contribution in [0.5, 0.6) is 0 Å². The van der Waals surface area contributed by atoms with E-state index in [-0.39, 0.29) is 25.2 Å². The molecular weight excluding hydrogens is 657 g/mol. The van der Waals surface area contributed by atoms with E-state index in [1.165, 1.54) is 199 Å². The SMILES string of the molecule is CCC(C)CCCCCCCCCCCCCCCCC(=O)OC[C@@H](O)COC(=O)CCCCCCCCCCCCCCCCCCCCC(C)C. The van der Waals surface area contributed by atoms with Gasteiger partial charge in [0.2, 0.25) is 0 Å². The third kappa shape index (κ3) is 43.5. The van der Waals surface area contributed by atoms with Gasteiger partial charge < -0.3 is 14.6 Å². The Morgan fingerprint density at radius 2 is 0.642 bits per heavy atom. The van der Waals surface area contributed by atoms with Gasteiger partial charge in [-0.2, -0.15) is 0 Å². The van der Waals surface area contributed by atoms with Crippen molar-refractivity contribution in [1.82, 2.24) is 0 Å². The van der Waals surface area contributed by atoms with Crippen LogP contribution < -0.4 is 0 Å². The van der Waals surface area contributed by atoms with Gasteiger partial charge in [-0.15, -0.1) is 0 Å². The number of rotatable bonds is 43. The van der Waals surface area contributed by atoms with Crippen molar-refractivity contribution in [3.63, 3.8) is 0 Å². The first-order valence-corrected chi connectivity index (χ1v) is 23.8. The van der Waals surface area contributed by atoms with Gasteiger partial charge >= 0.3 is 11.9 Å². The fourth-order valence-corrected chi connectivity index (χ4v) is 7.31. The smallest absolute Gasteiger partial charge is 0.305 e. The van der Waals surface area contributed by atoms with E-state index in [4.69, 9.17) is 9.47 Å². The molecule has 2 atom stereocenters. The van der Waals surface area contributed by atoms with E-state index in [9.17, 15) is 14.7 Å². The molecule has 316 valence electrons. The molecule has 0 saturated heterocycles. The minimum Gasteiger partial charge on any atom is -0.463 e. The first-order valence-electron chi connectivity index (χ1n) is 23.8. The Kier molecular flexibility index (Phi) is 41.2. The lowest BCUT2D eigenvalue weighted by molar-refractivity contribution is -0.152. The number of aliphatic hydroxyl groups is 1. The van der Waals surface area contributed by atoms with Crippen LogP contribution in [0.15, 0.2) is 0 Å². The monoisotopic (exact) mass is 751 g/mol. The van der Waals surface area contributed by atoms with Crippen LogP contribution in [0.1, 0.15) is 265 Å². The van der Waals surface area contributed by atoms with Crippen LogP contribution in [0.4, 0.5) is 0 Å². The summed E-state index contributed by atoms with van der Waals surface area (Å²) in [5.41, 5.74) is 0. The fourth-order valence-electron chi connectivity index (χ4n) is 7.31. The minimum atomic E-state index is -0.957. The summed E-state index contributed by atoms with van der Waals surface area (Å²) in [4.78, 5) is 24.1. The lowest BCUT2D eigenvalue weighted by Crippen LogP contribution is -2.25. The van der Waals surface area contributed by atoms with E-state index in [2.05, 4.69) is 27.7 Å². The molecule has 0 aliphatic heterocycles. The highest BCUT2D eigenvalue weighted by atomic mass is 16.6. The van der Waals surface area contributed by atoms with Crippen LogP contribution in [0.3, 0.4) is 0 Å². The highest BCUT2D eigenvalue weighted by molar-refractivity contribution is 5.69. The summed E-state index contributed by atoms with van der Waals surface area (Å²) in [7, 11) is 0. The number of hydrogen-bond donors (Lipinski definition) is 1. The fraction of sp³-hybridized carbons (Fsp3) is 0.958. The maximum Gasteiger partial charge on any atom is 0.305 e. The van der Waals surface area contributed by atoms with Crippen molar-refractivity contribution >= 4 is 11.9 Å². The van der Waals surface area contributed by atoms with Gasteiger partial charge in [-0.1, -0.05) is 240 Å². The van der Waals surface area contributed by atoms with Gasteiger partial charge in [0.1, 0.15) is 19.3 Å². The van der Waals surface area contributed by atoms with E-state index >= 15 is 0 Å². The number of carbonyl (C=O) groups is 2. The van der Waals surface area contributed by atoms with E-state index in [0.29, 0.717) is 12.8 Å². The molecule has 5 nitrogen and oxygen atoms in total. The molecule has 0 aliphatic rings. The van der Waals surface area contributed by atoms with Gasteiger partial charge in [0.15, 0.2) is 0 Å². The minimum absolute atomic E-state index is 0.108. The lowest BCUT2D eigenvalue weighted by atomic mass is 9.99. The average molecular weight is 751 g/mol. The summed E-state index contributed by atoms with van der Waals surface area (Å²) < 4.78 is 10.4. The summed E-state index contributed by atoms with van der Waals surface area (Å²) in [5, 5.41) is 10.1. The lowest BCUT2D eigenvalue weighted by Gasteiger charge is -2.12. The number of hydrogen-bond acceptors (Lipinski definition) is 5. The molecule has 0 aromatic carbocycles. The summed E-state index contributed by atoms with van der Waals surface area (Å²) in [6, 6.07) is 0. The molecule has 0 fully saturated rings. The number of aliphatic hydroxyl groups excluding tert-OH is 1. The average Bonchev–Trinajstić information content (AvgIpc) is 3.14. The van der Waals surface area contributed by atoms with Crippen molar-refractivity contribution in [2.24, 2.45) is 11.8 Å². The van der Waals surface area contributed by atoms with Gasteiger partial charge in [-0.3, -0.25) is 9.59 Å². The molecule has 5 heteroatoms. The van der Waals surface area contributed by atoms with Crippen LogP contribution >= 0.6 is 0 Å². The largest absolute Gasteiger partial charge is 0.463 e. The number of esters is 2. The number of carbonyl (C=O) groups excluding carboxylic acids is 2. The van der Waals surface area contributed by atoms with Gasteiger partial charge in [0.05, 0.1) is 0 Å². The van der Waals surface area contributed by atoms with E-state index < -0.39 is 6.10 Å². The molecule has 0 aliphatic carbocycles. The van der Waals surface area contributed by atoms with E-state index in [0.717, 1.165) is 37.5 Å². The Hall–Kier alpha value is -1.10. The van der Waals surface area contributed by atoms with Crippen LogP contribution in [-0.4, -0.2) is 36.4 Å². The summed E-state index contributed by atoms with van der Waals surface area (Å²) in [5.74, 6) is 1.22. The molecule has 53 heavy (non-hydrogen) atoms. The third-order valence-corrected chi connectivity index (χ3v) is 11.3. The van der Waals surface area contributed by atoms with Crippen LogP contribution in [0, 0.1) is 11.8 Å². The Balaban J connectivity index is 3.35. The van der Waals surface area contributed by atoms with Crippen LogP contribution in [0.2, 0.25) is 0 Å². The second-order valence-corrected chi connectivity index (χ2v) is 17.3. The van der Waals surface area contributed by atoms with Crippen molar-refractivity contribution < 1.29 is 24.2 Å². The second-order valence-electron chi connectivity index (χ2n) is 17.3. The molecule has 1 unspecified atom stereocenters. The first kappa shape index (κ1) is 51.9. The molecule has 0 radical (unpaired) electrons. The van der Waals surface area contributed by atoms with Gasteiger partial charge in [0, 0.05) is 12.8 Å². The molecule has 0 amide bonds. The molecule has 0 aromatic heterocycles. The van der Waals surface area contributed by atoms with Crippen molar-refractivity contribution in [2.45, 2.75) is 271 Å². The van der Waals surface area contributed by atoms with Crippen molar-refractivity contribution in [1.29, 1.82) is 0 Å². The topological polar surface area (TPSA) is 72.8 Å². The number of unbranched alkanes of at least 4 members (excludes halogenated alkanes) is 30. The predicted molar refractivity (Wildman–Crippen MR) is 228 cm³/mol. The van der Waals surface area contributed by atoms with Gasteiger partial charge in [-0.05, 0) is 24.7 Å². The molecule has 0 rings (SSSR count). The van der Waals surface area contributed by atoms with E-state index in [1.807, 2.05) is 0 Å². The van der Waals surface area contributed by atoms with Gasteiger partial charge in [-0.25, -0.2) is 0 Å². The summed E-state index contributed by atoms with van der Waals surface area (Å²) >= 11 is 0. The zero-order valence-electron chi connectivity index (χ0n) is 36.4. The van der Waals surface area contributed by atoms with Gasteiger partial charge in [0.25, 0.3) is 0 Å². The highest BCUT2D eigenvalue weighted by Gasteiger charge is 2.12. The molecule has 0 saturated carbocycles. The second kappa shape index (κ2) is 42.1. The molecule has 1 N–H and O–H groups in total. The quantitative estimate of drug-likeness (QED) is 0.0496. The Morgan fingerprint density at radius 3 is 0.906 bits per heavy atom. The third-order valence-electron chi connectivity index (χ3n) is 11.3. The summed E-state index contributed by atoms with van der Waals surface area (Å²) in [6.07, 6.45) is 46.0. The normalized spacial score (nSPS) is 12.7. The maximum atomic E-state index is 12.0. The molecular formula is C48H94O5. The first-order chi connectivity index (χ1) is 25.8. The standard InChI is InChI=1S/C48H94O5/c1-5-45(4)39-35-31-27-23-19-15-12-13-17-21-25-29-33-37-41-48(51)53-43-46(49)42-52-47(50)40-36-32-28-24-20-16-11-9-7-6-8-10-14-18-22-26-30-34-38-44(2)3/h44-46,49H,5-43H2,1-4H3/t45?,46-/m0/s1. The maximum absolute atomic E-state index is 12.0.